The fraction of sp³-hybridized carbons (Fsp3) is 0.500. The molecule has 0 aromatic heterocycles. The molecule has 4 nitrogen and oxygen atoms in total. The van der Waals surface area contributed by atoms with E-state index in [9.17, 15) is 9.90 Å². The molecule has 0 fully saturated rings. The zero-order valence-electron chi connectivity index (χ0n) is 11.7. The lowest BCUT2D eigenvalue weighted by Gasteiger charge is -2.25. The average Bonchev–Trinajstić information content (AvgIpc) is 2.27. The van der Waals surface area contributed by atoms with E-state index in [0.29, 0.717) is 0 Å². The highest BCUT2D eigenvalue weighted by Crippen LogP contribution is 2.27. The van der Waals surface area contributed by atoms with Gasteiger partial charge in [0.1, 0.15) is 6.04 Å². The van der Waals surface area contributed by atoms with Crippen LogP contribution in [0.3, 0.4) is 0 Å². The molecule has 0 bridgehead atoms. The summed E-state index contributed by atoms with van der Waals surface area (Å²) in [5, 5.41) is 12.0. The Morgan fingerprint density at radius 3 is 2.00 bits per heavy atom. The van der Waals surface area contributed by atoms with Crippen LogP contribution >= 0.6 is 0 Å². The lowest BCUT2D eigenvalue weighted by atomic mass is 9.87. The largest absolute Gasteiger partial charge is 0.480 e. The number of carboxylic acids is 1. The standard InChI is InChI=1S/C14H22N2O2/c1-7-6-8(2)10(4)11(9(7)3)12(15)13(16-5)14(17)18/h6,12-13,16H,15H2,1-5H3,(H,17,18). The number of likely N-dealkylation sites (N-methyl/N-ethyl adjacent to an activating group) is 1. The Balaban J connectivity index is 3.36. The van der Waals surface area contributed by atoms with Crippen molar-refractivity contribution in [2.45, 2.75) is 39.8 Å². The lowest BCUT2D eigenvalue weighted by Crippen LogP contribution is -2.43. The highest BCUT2D eigenvalue weighted by Gasteiger charge is 2.27. The maximum Gasteiger partial charge on any atom is 0.322 e. The van der Waals surface area contributed by atoms with Crippen LogP contribution in [0, 0.1) is 27.7 Å². The maximum atomic E-state index is 11.2. The second kappa shape index (κ2) is 5.50. The van der Waals surface area contributed by atoms with Gasteiger partial charge in [-0.25, -0.2) is 0 Å². The number of aliphatic carboxylic acids is 1. The van der Waals surface area contributed by atoms with Crippen LogP contribution in [0.1, 0.15) is 33.9 Å². The minimum absolute atomic E-state index is 0.550. The summed E-state index contributed by atoms with van der Waals surface area (Å²) in [6.45, 7) is 8.03. The van der Waals surface area contributed by atoms with E-state index in [1.807, 2.05) is 27.7 Å². The van der Waals surface area contributed by atoms with Crippen molar-refractivity contribution < 1.29 is 9.90 Å². The van der Waals surface area contributed by atoms with Crippen molar-refractivity contribution >= 4 is 5.97 Å². The van der Waals surface area contributed by atoms with Crippen LogP contribution < -0.4 is 11.1 Å². The molecule has 0 amide bonds. The number of carbonyl (C=O) groups is 1. The normalized spacial score (nSPS) is 14.3. The molecule has 100 valence electrons. The molecule has 0 heterocycles. The Morgan fingerprint density at radius 1 is 1.22 bits per heavy atom. The lowest BCUT2D eigenvalue weighted by molar-refractivity contribution is -0.139. The van der Waals surface area contributed by atoms with Crippen molar-refractivity contribution in [2.75, 3.05) is 7.05 Å². The van der Waals surface area contributed by atoms with Gasteiger partial charge in [0.25, 0.3) is 0 Å². The van der Waals surface area contributed by atoms with Gasteiger partial charge in [-0.05, 0) is 62.6 Å². The van der Waals surface area contributed by atoms with Crippen LogP contribution in [0.4, 0.5) is 0 Å². The first-order chi connectivity index (χ1) is 8.31. The number of benzene rings is 1. The minimum atomic E-state index is -0.928. The van der Waals surface area contributed by atoms with E-state index in [4.69, 9.17) is 5.73 Å². The molecular weight excluding hydrogens is 228 g/mol. The van der Waals surface area contributed by atoms with Gasteiger partial charge in [-0.15, -0.1) is 0 Å². The zero-order chi connectivity index (χ0) is 14.0. The summed E-state index contributed by atoms with van der Waals surface area (Å²) in [5.41, 5.74) is 11.5. The zero-order valence-corrected chi connectivity index (χ0v) is 11.7. The summed E-state index contributed by atoms with van der Waals surface area (Å²) in [4.78, 5) is 11.2. The van der Waals surface area contributed by atoms with E-state index >= 15 is 0 Å². The minimum Gasteiger partial charge on any atom is -0.480 e. The smallest absolute Gasteiger partial charge is 0.322 e. The first-order valence-electron chi connectivity index (χ1n) is 6.04. The molecule has 1 rings (SSSR count). The summed E-state index contributed by atoms with van der Waals surface area (Å²) < 4.78 is 0. The molecule has 0 aliphatic rings. The van der Waals surface area contributed by atoms with Crippen molar-refractivity contribution in [1.29, 1.82) is 0 Å². The fourth-order valence-electron chi connectivity index (χ4n) is 2.37. The van der Waals surface area contributed by atoms with Gasteiger partial charge in [0.05, 0.1) is 6.04 Å². The van der Waals surface area contributed by atoms with E-state index in [1.165, 1.54) is 0 Å². The number of nitrogens with one attached hydrogen (secondary N) is 1. The van der Waals surface area contributed by atoms with Crippen molar-refractivity contribution in [2.24, 2.45) is 5.73 Å². The maximum absolute atomic E-state index is 11.2. The molecule has 0 aliphatic heterocycles. The first-order valence-corrected chi connectivity index (χ1v) is 6.04. The molecule has 1 aromatic carbocycles. The van der Waals surface area contributed by atoms with Gasteiger partial charge in [0, 0.05) is 0 Å². The Labute approximate surface area is 108 Å². The third-order valence-corrected chi connectivity index (χ3v) is 3.69. The van der Waals surface area contributed by atoms with Crippen molar-refractivity contribution in [1.82, 2.24) is 5.32 Å². The van der Waals surface area contributed by atoms with E-state index in [2.05, 4.69) is 11.4 Å². The monoisotopic (exact) mass is 250 g/mol. The molecule has 18 heavy (non-hydrogen) atoms. The number of nitrogens with two attached hydrogens (primary N) is 1. The average molecular weight is 250 g/mol. The second-order valence-corrected chi connectivity index (χ2v) is 4.80. The van der Waals surface area contributed by atoms with Gasteiger partial charge in [0.15, 0.2) is 0 Å². The number of rotatable bonds is 4. The van der Waals surface area contributed by atoms with Gasteiger partial charge in [-0.1, -0.05) is 6.07 Å². The number of hydrogen-bond donors (Lipinski definition) is 3. The molecule has 0 spiro atoms. The van der Waals surface area contributed by atoms with Crippen LogP contribution in [-0.4, -0.2) is 24.2 Å². The van der Waals surface area contributed by atoms with Crippen molar-refractivity contribution in [3.63, 3.8) is 0 Å². The van der Waals surface area contributed by atoms with Crippen LogP contribution in [0.5, 0.6) is 0 Å². The summed E-state index contributed by atoms with van der Waals surface area (Å²) in [7, 11) is 1.62. The van der Waals surface area contributed by atoms with Gasteiger partial charge < -0.3 is 16.2 Å². The Hall–Kier alpha value is -1.39. The van der Waals surface area contributed by atoms with Crippen LogP contribution in [0.25, 0.3) is 0 Å². The summed E-state index contributed by atoms with van der Waals surface area (Å²) in [6.07, 6.45) is 0. The molecule has 4 heteroatoms. The SMILES string of the molecule is CNC(C(=O)O)C(N)c1c(C)c(C)cc(C)c1C. The predicted molar refractivity (Wildman–Crippen MR) is 72.8 cm³/mol. The number of hydrogen-bond acceptors (Lipinski definition) is 3. The summed E-state index contributed by atoms with van der Waals surface area (Å²) >= 11 is 0. The van der Waals surface area contributed by atoms with Crippen LogP contribution in [0.2, 0.25) is 0 Å². The highest BCUT2D eigenvalue weighted by atomic mass is 16.4. The topological polar surface area (TPSA) is 75.3 Å². The molecular formula is C14H22N2O2. The molecule has 0 aliphatic carbocycles. The van der Waals surface area contributed by atoms with E-state index < -0.39 is 18.1 Å². The Bertz CT molecular complexity index is 443. The Kier molecular flexibility index (Phi) is 4.48. The number of carboxylic acid groups (broad SMARTS) is 1. The number of aryl methyl sites for hydroxylation is 2. The molecule has 2 unspecified atom stereocenters. The molecule has 0 saturated carbocycles. The quantitative estimate of drug-likeness (QED) is 0.758. The van der Waals surface area contributed by atoms with Gasteiger partial charge in [-0.3, -0.25) is 4.79 Å². The third kappa shape index (κ3) is 2.54. The Morgan fingerprint density at radius 2 is 1.67 bits per heavy atom. The van der Waals surface area contributed by atoms with Crippen molar-refractivity contribution in [3.05, 3.63) is 33.9 Å². The van der Waals surface area contributed by atoms with E-state index in [-0.39, 0.29) is 0 Å². The van der Waals surface area contributed by atoms with Gasteiger partial charge >= 0.3 is 5.97 Å². The molecule has 2 atom stereocenters. The van der Waals surface area contributed by atoms with Crippen molar-refractivity contribution in [3.8, 4) is 0 Å². The van der Waals surface area contributed by atoms with Crippen LogP contribution in [0.15, 0.2) is 6.07 Å². The summed E-state index contributed by atoms with van der Waals surface area (Å²) in [6, 6.07) is 0.783. The molecule has 0 saturated heterocycles. The molecule has 0 radical (unpaired) electrons. The fourth-order valence-corrected chi connectivity index (χ4v) is 2.37. The summed E-state index contributed by atoms with van der Waals surface area (Å²) in [5.74, 6) is -0.928. The molecule has 1 aromatic rings. The van der Waals surface area contributed by atoms with Gasteiger partial charge in [0.2, 0.25) is 0 Å². The molecule has 4 N–H and O–H groups in total. The third-order valence-electron chi connectivity index (χ3n) is 3.69. The highest BCUT2D eigenvalue weighted by molar-refractivity contribution is 5.75. The predicted octanol–water partition coefficient (Wildman–Crippen LogP) is 1.59. The first kappa shape index (κ1) is 14.7. The van der Waals surface area contributed by atoms with E-state index in [0.717, 1.165) is 27.8 Å². The second-order valence-electron chi connectivity index (χ2n) is 4.80. The van der Waals surface area contributed by atoms with Crippen LogP contribution in [-0.2, 0) is 4.79 Å². The van der Waals surface area contributed by atoms with E-state index in [1.54, 1.807) is 7.05 Å². The van der Waals surface area contributed by atoms with Gasteiger partial charge in [-0.2, -0.15) is 0 Å².